The molecule has 6 heteroatoms. The van der Waals surface area contributed by atoms with Crippen molar-refractivity contribution in [3.05, 3.63) is 35.4 Å². The van der Waals surface area contributed by atoms with Gasteiger partial charge in [0.05, 0.1) is 19.3 Å². The Labute approximate surface area is 175 Å². The van der Waals surface area contributed by atoms with Gasteiger partial charge in [0.25, 0.3) is 0 Å². The molecule has 2 atom stereocenters. The smallest absolute Gasteiger partial charge is 0.194 e. The molecule has 3 fully saturated rings. The van der Waals surface area contributed by atoms with Gasteiger partial charge in [0.15, 0.2) is 5.96 Å². The average Bonchev–Trinajstić information content (AvgIpc) is 3.47. The van der Waals surface area contributed by atoms with Crippen LogP contribution in [-0.4, -0.2) is 73.9 Å². The minimum absolute atomic E-state index is 0.153. The number of likely N-dealkylation sites (tertiary alicyclic amines) is 1. The number of ether oxygens (including phenoxy) is 2. The fourth-order valence-corrected chi connectivity index (χ4v) is 4.53. The number of nitrogens with zero attached hydrogens (tertiary/aromatic N) is 3. The number of nitrogens with one attached hydrogen (secondary N) is 1. The van der Waals surface area contributed by atoms with E-state index in [2.05, 4.69) is 46.3 Å². The zero-order chi connectivity index (χ0) is 19.9. The third-order valence-corrected chi connectivity index (χ3v) is 6.15. The van der Waals surface area contributed by atoms with Crippen LogP contribution in [0.5, 0.6) is 0 Å². The molecule has 0 spiro atoms. The molecule has 0 saturated carbocycles. The Morgan fingerprint density at radius 3 is 2.48 bits per heavy atom. The first-order valence-corrected chi connectivity index (χ1v) is 11.4. The lowest BCUT2D eigenvalue weighted by atomic mass is 10.1. The third kappa shape index (κ3) is 5.71. The van der Waals surface area contributed by atoms with E-state index in [-0.39, 0.29) is 12.2 Å². The molecule has 0 aromatic heterocycles. The lowest BCUT2D eigenvalue weighted by molar-refractivity contribution is -0.0817. The van der Waals surface area contributed by atoms with Gasteiger partial charge < -0.3 is 19.7 Å². The minimum Gasteiger partial charge on any atom is -0.375 e. The highest BCUT2D eigenvalue weighted by Crippen LogP contribution is 2.21. The summed E-state index contributed by atoms with van der Waals surface area (Å²) in [5.74, 6) is 0.986. The Kier molecular flexibility index (Phi) is 7.41. The fraction of sp³-hybridized carbons (Fsp3) is 0.696. The van der Waals surface area contributed by atoms with Crippen molar-refractivity contribution in [2.45, 2.75) is 57.9 Å². The molecule has 160 valence electrons. The Bertz CT molecular complexity index is 651. The molecular weight excluding hydrogens is 364 g/mol. The molecular formula is C23H36N4O2. The molecule has 1 aromatic carbocycles. The van der Waals surface area contributed by atoms with E-state index in [9.17, 15) is 0 Å². The van der Waals surface area contributed by atoms with Gasteiger partial charge in [-0.3, -0.25) is 4.90 Å². The van der Waals surface area contributed by atoms with E-state index >= 15 is 0 Å². The zero-order valence-electron chi connectivity index (χ0n) is 17.8. The lowest BCUT2D eigenvalue weighted by Gasteiger charge is -2.37. The van der Waals surface area contributed by atoms with Crippen molar-refractivity contribution in [1.29, 1.82) is 0 Å². The van der Waals surface area contributed by atoms with E-state index in [1.54, 1.807) is 0 Å². The molecule has 0 radical (unpaired) electrons. The van der Waals surface area contributed by atoms with Gasteiger partial charge in [0, 0.05) is 32.8 Å². The molecule has 3 aliphatic heterocycles. The second-order valence-electron chi connectivity index (χ2n) is 8.38. The molecule has 1 aromatic rings. The van der Waals surface area contributed by atoms with Crippen LogP contribution in [0.3, 0.4) is 0 Å². The van der Waals surface area contributed by atoms with E-state index in [0.29, 0.717) is 6.54 Å². The molecule has 1 N–H and O–H groups in total. The molecule has 0 amide bonds. The minimum atomic E-state index is 0.153. The molecule has 0 aliphatic carbocycles. The summed E-state index contributed by atoms with van der Waals surface area (Å²) in [6.45, 7) is 10.6. The SMILES string of the molecule is CCNC(=NCc1ccc(CN2CCCC2)cc1)N1CCOC(C2CCCO2)C1. The average molecular weight is 401 g/mol. The summed E-state index contributed by atoms with van der Waals surface area (Å²) in [5.41, 5.74) is 2.66. The van der Waals surface area contributed by atoms with Gasteiger partial charge in [-0.2, -0.15) is 0 Å². The van der Waals surface area contributed by atoms with Crippen LogP contribution in [0.25, 0.3) is 0 Å². The van der Waals surface area contributed by atoms with Crippen LogP contribution in [-0.2, 0) is 22.6 Å². The standard InChI is InChI=1S/C23H36N4O2/c1-2-24-23(27-13-15-29-22(18-27)21-6-5-14-28-21)25-16-19-7-9-20(10-8-19)17-26-11-3-4-12-26/h7-10,21-22H,2-6,11-18H2,1H3,(H,24,25). The summed E-state index contributed by atoms with van der Waals surface area (Å²) >= 11 is 0. The van der Waals surface area contributed by atoms with Crippen LogP contribution in [0.15, 0.2) is 29.3 Å². The topological polar surface area (TPSA) is 49.3 Å². The van der Waals surface area contributed by atoms with Crippen molar-refractivity contribution in [1.82, 2.24) is 15.1 Å². The maximum Gasteiger partial charge on any atom is 0.194 e. The molecule has 29 heavy (non-hydrogen) atoms. The van der Waals surface area contributed by atoms with E-state index in [0.717, 1.165) is 58.2 Å². The maximum atomic E-state index is 6.00. The highest BCUT2D eigenvalue weighted by molar-refractivity contribution is 5.80. The van der Waals surface area contributed by atoms with Crippen molar-refractivity contribution in [2.24, 2.45) is 4.99 Å². The molecule has 3 heterocycles. The predicted octanol–water partition coefficient (Wildman–Crippen LogP) is 2.63. The van der Waals surface area contributed by atoms with Crippen LogP contribution in [0.2, 0.25) is 0 Å². The summed E-state index contributed by atoms with van der Waals surface area (Å²) in [5, 5.41) is 3.47. The number of guanidine groups is 1. The molecule has 4 rings (SSSR count). The quantitative estimate of drug-likeness (QED) is 0.588. The van der Waals surface area contributed by atoms with Crippen LogP contribution in [0.1, 0.15) is 43.7 Å². The number of benzene rings is 1. The third-order valence-electron chi connectivity index (χ3n) is 6.15. The zero-order valence-corrected chi connectivity index (χ0v) is 17.8. The van der Waals surface area contributed by atoms with E-state index < -0.39 is 0 Å². The van der Waals surface area contributed by atoms with Gasteiger partial charge in [0.1, 0.15) is 6.10 Å². The first-order valence-electron chi connectivity index (χ1n) is 11.4. The van der Waals surface area contributed by atoms with E-state index in [1.807, 2.05) is 0 Å². The largest absolute Gasteiger partial charge is 0.375 e. The summed E-state index contributed by atoms with van der Waals surface area (Å²) in [6.07, 6.45) is 5.33. The monoisotopic (exact) mass is 400 g/mol. The van der Waals surface area contributed by atoms with Gasteiger partial charge in [0.2, 0.25) is 0 Å². The van der Waals surface area contributed by atoms with Gasteiger partial charge in [-0.05, 0) is 56.8 Å². The first kappa shape index (κ1) is 20.6. The van der Waals surface area contributed by atoms with Crippen molar-refractivity contribution in [3.63, 3.8) is 0 Å². The number of hydrogen-bond acceptors (Lipinski definition) is 4. The Hall–Kier alpha value is -1.63. The first-order chi connectivity index (χ1) is 14.3. The predicted molar refractivity (Wildman–Crippen MR) is 116 cm³/mol. The molecule has 6 nitrogen and oxygen atoms in total. The second-order valence-corrected chi connectivity index (χ2v) is 8.38. The second kappa shape index (κ2) is 10.4. The van der Waals surface area contributed by atoms with Crippen molar-refractivity contribution >= 4 is 5.96 Å². The highest BCUT2D eigenvalue weighted by atomic mass is 16.5. The van der Waals surface area contributed by atoms with E-state index in [1.165, 1.54) is 37.1 Å². The number of morpholine rings is 1. The lowest BCUT2D eigenvalue weighted by Crippen LogP contribution is -2.53. The molecule has 3 aliphatic rings. The molecule has 0 bridgehead atoms. The maximum absolute atomic E-state index is 6.00. The van der Waals surface area contributed by atoms with Crippen LogP contribution in [0, 0.1) is 0 Å². The van der Waals surface area contributed by atoms with Gasteiger partial charge in [-0.15, -0.1) is 0 Å². The van der Waals surface area contributed by atoms with Crippen molar-refractivity contribution in [3.8, 4) is 0 Å². The van der Waals surface area contributed by atoms with Crippen molar-refractivity contribution in [2.75, 3.05) is 45.9 Å². The molecule has 2 unspecified atom stereocenters. The van der Waals surface area contributed by atoms with Gasteiger partial charge in [-0.1, -0.05) is 24.3 Å². The summed E-state index contributed by atoms with van der Waals surface area (Å²) in [7, 11) is 0. The van der Waals surface area contributed by atoms with Crippen LogP contribution in [0.4, 0.5) is 0 Å². The van der Waals surface area contributed by atoms with Gasteiger partial charge >= 0.3 is 0 Å². The fourth-order valence-electron chi connectivity index (χ4n) is 4.53. The summed E-state index contributed by atoms with van der Waals surface area (Å²) < 4.78 is 11.9. The Balaban J connectivity index is 1.34. The Morgan fingerprint density at radius 2 is 1.76 bits per heavy atom. The van der Waals surface area contributed by atoms with Gasteiger partial charge in [-0.25, -0.2) is 4.99 Å². The summed E-state index contributed by atoms with van der Waals surface area (Å²) in [4.78, 5) is 9.80. The summed E-state index contributed by atoms with van der Waals surface area (Å²) in [6, 6.07) is 8.98. The molecule has 3 saturated heterocycles. The number of aliphatic imine (C=N–C) groups is 1. The number of rotatable bonds is 6. The van der Waals surface area contributed by atoms with Crippen LogP contribution >= 0.6 is 0 Å². The number of hydrogen-bond donors (Lipinski definition) is 1. The van der Waals surface area contributed by atoms with E-state index in [4.69, 9.17) is 14.5 Å². The van der Waals surface area contributed by atoms with Crippen molar-refractivity contribution < 1.29 is 9.47 Å². The Morgan fingerprint density at radius 1 is 1.00 bits per heavy atom. The normalized spacial score (nSPS) is 26.2. The highest BCUT2D eigenvalue weighted by Gasteiger charge is 2.32. The van der Waals surface area contributed by atoms with Crippen LogP contribution < -0.4 is 5.32 Å².